The Morgan fingerprint density at radius 1 is 1.00 bits per heavy atom. The maximum Gasteiger partial charge on any atom is 0.247 e. The van der Waals surface area contributed by atoms with E-state index in [-0.39, 0.29) is 5.91 Å². The topological polar surface area (TPSA) is 62.5 Å². The van der Waals surface area contributed by atoms with Crippen molar-refractivity contribution < 1.29 is 9.21 Å². The van der Waals surface area contributed by atoms with Crippen molar-refractivity contribution in [3.63, 3.8) is 0 Å². The lowest BCUT2D eigenvalue weighted by Crippen LogP contribution is -2.48. The van der Waals surface area contributed by atoms with Crippen LogP contribution in [0.4, 0.5) is 5.69 Å². The first-order chi connectivity index (χ1) is 14.1. The van der Waals surface area contributed by atoms with Crippen molar-refractivity contribution >= 4 is 11.6 Å². The Bertz CT molecular complexity index is 990. The molecule has 1 aliphatic heterocycles. The first-order valence-corrected chi connectivity index (χ1v) is 10.1. The van der Waals surface area contributed by atoms with Crippen LogP contribution in [0.15, 0.2) is 52.9 Å². The van der Waals surface area contributed by atoms with Crippen LogP contribution in [-0.2, 0) is 11.2 Å². The monoisotopic (exact) mass is 390 g/mol. The zero-order chi connectivity index (χ0) is 20.2. The van der Waals surface area contributed by atoms with E-state index in [0.717, 1.165) is 37.3 Å². The molecular weight excluding hydrogens is 364 g/mol. The highest BCUT2D eigenvalue weighted by Gasteiger charge is 2.22. The predicted molar refractivity (Wildman–Crippen MR) is 113 cm³/mol. The molecule has 1 fully saturated rings. The average Bonchev–Trinajstić information content (AvgIpc) is 3.21. The summed E-state index contributed by atoms with van der Waals surface area (Å²) in [7, 11) is 0. The number of anilines is 1. The molecule has 3 aromatic rings. The van der Waals surface area contributed by atoms with E-state index in [4.69, 9.17) is 4.42 Å². The number of aromatic nitrogens is 2. The molecular formula is C23H26N4O2. The van der Waals surface area contributed by atoms with Crippen LogP contribution in [0, 0.1) is 13.8 Å². The molecule has 1 aliphatic rings. The average molecular weight is 390 g/mol. The maximum absolute atomic E-state index is 12.6. The van der Waals surface area contributed by atoms with Gasteiger partial charge in [0.1, 0.15) is 0 Å². The number of aryl methyl sites for hydroxylation is 3. The second-order valence-electron chi connectivity index (χ2n) is 7.52. The standard InChI is InChI=1S/C23H26N4O2/c1-17-6-5-8-19(16-17)26-12-14-27(15-13-26)22(28)11-10-21-24-25-23(29-21)20-9-4-3-7-18(20)2/h3-9,16H,10-15H2,1-2H3. The van der Waals surface area contributed by atoms with Crippen molar-refractivity contribution in [2.75, 3.05) is 31.1 Å². The lowest BCUT2D eigenvalue weighted by Gasteiger charge is -2.36. The quantitative estimate of drug-likeness (QED) is 0.666. The summed E-state index contributed by atoms with van der Waals surface area (Å²) in [5, 5.41) is 8.26. The molecule has 4 rings (SSSR count). The number of nitrogens with zero attached hydrogens (tertiary/aromatic N) is 4. The van der Waals surface area contributed by atoms with Gasteiger partial charge in [-0.05, 0) is 43.2 Å². The largest absolute Gasteiger partial charge is 0.421 e. The Labute approximate surface area is 171 Å². The van der Waals surface area contributed by atoms with E-state index in [2.05, 4.69) is 46.3 Å². The highest BCUT2D eigenvalue weighted by Crippen LogP contribution is 2.22. The van der Waals surface area contributed by atoms with Gasteiger partial charge in [0.25, 0.3) is 0 Å². The number of rotatable bonds is 5. The Morgan fingerprint density at radius 2 is 1.79 bits per heavy atom. The molecule has 6 nitrogen and oxygen atoms in total. The normalized spacial score (nSPS) is 14.3. The van der Waals surface area contributed by atoms with Gasteiger partial charge in [-0.2, -0.15) is 0 Å². The van der Waals surface area contributed by atoms with Gasteiger partial charge in [-0.1, -0.05) is 30.3 Å². The fourth-order valence-electron chi connectivity index (χ4n) is 3.69. The lowest BCUT2D eigenvalue weighted by molar-refractivity contribution is -0.131. The number of carbonyl (C=O) groups excluding carboxylic acids is 1. The van der Waals surface area contributed by atoms with Gasteiger partial charge in [-0.15, -0.1) is 10.2 Å². The van der Waals surface area contributed by atoms with Crippen molar-refractivity contribution in [1.29, 1.82) is 0 Å². The predicted octanol–water partition coefficient (Wildman–Crippen LogP) is 3.63. The summed E-state index contributed by atoms with van der Waals surface area (Å²) in [4.78, 5) is 16.9. The number of amides is 1. The molecule has 6 heteroatoms. The van der Waals surface area contributed by atoms with E-state index >= 15 is 0 Å². The summed E-state index contributed by atoms with van der Waals surface area (Å²) < 4.78 is 5.77. The van der Waals surface area contributed by atoms with E-state index in [1.165, 1.54) is 11.3 Å². The summed E-state index contributed by atoms with van der Waals surface area (Å²) in [6, 6.07) is 16.4. The zero-order valence-corrected chi connectivity index (χ0v) is 17.0. The van der Waals surface area contributed by atoms with Gasteiger partial charge in [-0.3, -0.25) is 4.79 Å². The number of hydrogen-bond donors (Lipinski definition) is 0. The van der Waals surface area contributed by atoms with Crippen LogP contribution in [0.25, 0.3) is 11.5 Å². The van der Waals surface area contributed by atoms with E-state index < -0.39 is 0 Å². The maximum atomic E-state index is 12.6. The molecule has 0 radical (unpaired) electrons. The van der Waals surface area contributed by atoms with Crippen LogP contribution in [0.2, 0.25) is 0 Å². The summed E-state index contributed by atoms with van der Waals surface area (Å²) in [6.07, 6.45) is 0.857. The van der Waals surface area contributed by atoms with Crippen LogP contribution in [0.5, 0.6) is 0 Å². The van der Waals surface area contributed by atoms with Crippen molar-refractivity contribution in [2.45, 2.75) is 26.7 Å². The number of benzene rings is 2. The molecule has 0 saturated carbocycles. The SMILES string of the molecule is Cc1cccc(N2CCN(C(=O)CCc3nnc(-c4ccccc4C)o3)CC2)c1. The molecule has 1 saturated heterocycles. The minimum Gasteiger partial charge on any atom is -0.421 e. The first kappa shape index (κ1) is 19.2. The molecule has 0 atom stereocenters. The number of carbonyl (C=O) groups is 1. The van der Waals surface area contributed by atoms with Crippen molar-refractivity contribution in [3.05, 3.63) is 65.5 Å². The molecule has 0 spiro atoms. The zero-order valence-electron chi connectivity index (χ0n) is 17.0. The van der Waals surface area contributed by atoms with Crippen molar-refractivity contribution in [1.82, 2.24) is 15.1 Å². The Kier molecular flexibility index (Phi) is 5.60. The second kappa shape index (κ2) is 8.47. The highest BCUT2D eigenvalue weighted by atomic mass is 16.4. The lowest BCUT2D eigenvalue weighted by atomic mass is 10.1. The summed E-state index contributed by atoms with van der Waals surface area (Å²) >= 11 is 0. The van der Waals surface area contributed by atoms with E-state index in [9.17, 15) is 4.79 Å². The van der Waals surface area contributed by atoms with Gasteiger partial charge in [0.2, 0.25) is 17.7 Å². The van der Waals surface area contributed by atoms with Gasteiger partial charge >= 0.3 is 0 Å². The first-order valence-electron chi connectivity index (χ1n) is 10.1. The van der Waals surface area contributed by atoms with Crippen LogP contribution in [0.1, 0.15) is 23.4 Å². The fourth-order valence-corrected chi connectivity index (χ4v) is 3.69. The van der Waals surface area contributed by atoms with Crippen LogP contribution < -0.4 is 4.90 Å². The summed E-state index contributed by atoms with van der Waals surface area (Å²) in [6.45, 7) is 7.31. The van der Waals surface area contributed by atoms with Crippen LogP contribution >= 0.6 is 0 Å². The molecule has 0 unspecified atom stereocenters. The van der Waals surface area contributed by atoms with Crippen molar-refractivity contribution in [3.8, 4) is 11.5 Å². The Morgan fingerprint density at radius 3 is 2.55 bits per heavy atom. The number of piperazine rings is 1. The molecule has 2 aromatic carbocycles. The highest BCUT2D eigenvalue weighted by molar-refractivity contribution is 5.76. The molecule has 1 aromatic heterocycles. The van der Waals surface area contributed by atoms with Gasteiger partial charge in [0, 0.05) is 50.3 Å². The van der Waals surface area contributed by atoms with E-state index in [0.29, 0.717) is 24.6 Å². The minimum absolute atomic E-state index is 0.143. The van der Waals surface area contributed by atoms with E-state index in [1.54, 1.807) is 0 Å². The minimum atomic E-state index is 0.143. The third-order valence-electron chi connectivity index (χ3n) is 5.39. The third kappa shape index (κ3) is 4.47. The van der Waals surface area contributed by atoms with E-state index in [1.807, 2.05) is 36.1 Å². The smallest absolute Gasteiger partial charge is 0.247 e. The van der Waals surface area contributed by atoms with Crippen LogP contribution in [-0.4, -0.2) is 47.2 Å². The number of hydrogen-bond acceptors (Lipinski definition) is 5. The molecule has 150 valence electrons. The molecule has 1 amide bonds. The van der Waals surface area contributed by atoms with Gasteiger partial charge in [0.05, 0.1) is 0 Å². The second-order valence-corrected chi connectivity index (χ2v) is 7.52. The van der Waals surface area contributed by atoms with Crippen molar-refractivity contribution in [2.24, 2.45) is 0 Å². The summed E-state index contributed by atoms with van der Waals surface area (Å²) in [5.74, 6) is 1.16. The Balaban J connectivity index is 1.29. The molecule has 0 N–H and O–H groups in total. The Hall–Kier alpha value is -3.15. The van der Waals surface area contributed by atoms with Gasteiger partial charge in [-0.25, -0.2) is 0 Å². The summed E-state index contributed by atoms with van der Waals surface area (Å²) in [5.41, 5.74) is 4.51. The van der Waals surface area contributed by atoms with Gasteiger partial charge in [0.15, 0.2) is 0 Å². The molecule has 0 aliphatic carbocycles. The molecule has 2 heterocycles. The third-order valence-corrected chi connectivity index (χ3v) is 5.39. The molecule has 0 bridgehead atoms. The fraction of sp³-hybridized carbons (Fsp3) is 0.348. The molecule has 29 heavy (non-hydrogen) atoms. The van der Waals surface area contributed by atoms with Crippen LogP contribution in [0.3, 0.4) is 0 Å². The van der Waals surface area contributed by atoms with Gasteiger partial charge < -0.3 is 14.2 Å².